The molecular weight excluding hydrogens is 682 g/mol. The minimum absolute atomic E-state index is 0.109. The molecule has 11 nitrogen and oxygen atoms in total. The van der Waals surface area contributed by atoms with Crippen molar-refractivity contribution in [3.63, 3.8) is 0 Å². The van der Waals surface area contributed by atoms with E-state index in [1.807, 2.05) is 76.2 Å². The van der Waals surface area contributed by atoms with E-state index in [-0.39, 0.29) is 23.3 Å². The summed E-state index contributed by atoms with van der Waals surface area (Å²) in [5.74, 6) is -2.20. The third kappa shape index (κ3) is 10.00. The number of aromatic hydroxyl groups is 2. The maximum atomic E-state index is 11.8. The number of carbonyl (C=O) groups is 2. The molecule has 0 aromatic heterocycles. The molecule has 0 aliphatic heterocycles. The number of carboxylic acid groups (broad SMARTS) is 2. The van der Waals surface area contributed by atoms with Gasteiger partial charge in [0.2, 0.25) is 0 Å². The molecule has 246 valence electrons. The van der Waals surface area contributed by atoms with Crippen molar-refractivity contribution < 1.29 is 73.1 Å². The third-order valence-corrected chi connectivity index (χ3v) is 8.23. The van der Waals surface area contributed by atoms with Crippen LogP contribution in [0.2, 0.25) is 0 Å². The summed E-state index contributed by atoms with van der Waals surface area (Å²) in [7, 11) is 0. The summed E-state index contributed by atoms with van der Waals surface area (Å²) in [5, 5.41) is 45.6. The Bertz CT molecular complexity index is 1690. The number of nitrogens with zero attached hydrogens (tertiary/aromatic N) is 2. The molecule has 0 fully saturated rings. The van der Waals surface area contributed by atoms with Gasteiger partial charge in [0.15, 0.2) is 0 Å². The van der Waals surface area contributed by atoms with E-state index >= 15 is 0 Å². The van der Waals surface area contributed by atoms with Crippen LogP contribution in [0.25, 0.3) is 32.7 Å². The van der Waals surface area contributed by atoms with Gasteiger partial charge in [0.25, 0.3) is 0 Å². The summed E-state index contributed by atoms with van der Waals surface area (Å²) in [6.07, 6.45) is 3.43. The van der Waals surface area contributed by atoms with E-state index in [1.165, 1.54) is 12.4 Å². The van der Waals surface area contributed by atoms with Crippen LogP contribution in [0.15, 0.2) is 70.6 Å². The number of hydrogen-bond acceptors (Lipinski definition) is 9. The fraction of sp³-hybridized carbons (Fsp3) is 0.294. The Morgan fingerprint density at radius 2 is 1.06 bits per heavy atom. The number of aliphatic imine (C=N–C) groups is 2. The van der Waals surface area contributed by atoms with Gasteiger partial charge in [-0.15, -0.1) is 0 Å². The molecule has 4 rings (SSSR count). The molecule has 2 atom stereocenters. The van der Waals surface area contributed by atoms with Crippen LogP contribution >= 0.6 is 0 Å². The summed E-state index contributed by atoms with van der Waals surface area (Å²) in [6.45, 7) is 7.68. The predicted molar refractivity (Wildman–Crippen MR) is 170 cm³/mol. The second kappa shape index (κ2) is 17.8. The zero-order valence-corrected chi connectivity index (χ0v) is 29.1. The molecule has 0 unspecified atom stereocenters. The Labute approximate surface area is 286 Å². The van der Waals surface area contributed by atoms with Crippen molar-refractivity contribution in [1.29, 1.82) is 0 Å². The average Bonchev–Trinajstić information content (AvgIpc) is 3.02. The molecule has 0 aliphatic carbocycles. The van der Waals surface area contributed by atoms with Gasteiger partial charge in [-0.25, -0.2) is 9.59 Å². The van der Waals surface area contributed by atoms with Crippen molar-refractivity contribution in [2.75, 3.05) is 0 Å². The molecule has 4 aromatic rings. The molecule has 0 spiro atoms. The van der Waals surface area contributed by atoms with Crippen LogP contribution in [0.5, 0.6) is 11.5 Å². The summed E-state index contributed by atoms with van der Waals surface area (Å²) >= 11 is -2.61. The van der Waals surface area contributed by atoms with Gasteiger partial charge < -0.3 is 20.4 Å². The van der Waals surface area contributed by atoms with Crippen molar-refractivity contribution in [1.82, 2.24) is 0 Å². The van der Waals surface area contributed by atoms with Crippen LogP contribution in [0, 0.1) is 11.8 Å². The van der Waals surface area contributed by atoms with Crippen molar-refractivity contribution in [3.05, 3.63) is 71.8 Å². The third-order valence-electron chi connectivity index (χ3n) is 7.17. The van der Waals surface area contributed by atoms with E-state index in [0.29, 0.717) is 45.9 Å². The molecule has 0 heterocycles. The first-order chi connectivity index (χ1) is 22.4. The number of phenolic OH excluding ortho intramolecular Hbond substituents is 2. The zero-order chi connectivity index (χ0) is 34.7. The van der Waals surface area contributed by atoms with Crippen molar-refractivity contribution >= 4 is 45.9 Å². The molecule has 0 amide bonds. The Kier molecular flexibility index (Phi) is 14.2. The molecule has 13 heteroatoms. The first kappa shape index (κ1) is 37.5. The molecule has 0 saturated heterocycles. The fourth-order valence-electron chi connectivity index (χ4n) is 5.12. The normalized spacial score (nSPS) is 12.8. The number of fused-ring (bicyclic) bond motifs is 2. The Morgan fingerprint density at radius 3 is 1.36 bits per heavy atom. The van der Waals surface area contributed by atoms with E-state index in [4.69, 9.17) is 0 Å². The van der Waals surface area contributed by atoms with E-state index < -0.39 is 57.2 Å². The summed E-state index contributed by atoms with van der Waals surface area (Å²) in [5.41, 5.74) is 1.32. The number of rotatable bonds is 13. The van der Waals surface area contributed by atoms with Gasteiger partial charge in [-0.05, 0) is 58.4 Å². The average molecular weight is 719 g/mol. The number of phenols is 2. The van der Waals surface area contributed by atoms with Gasteiger partial charge in [0.05, 0.1) is 0 Å². The fourth-order valence-corrected chi connectivity index (χ4v) is 5.34. The van der Waals surface area contributed by atoms with Crippen LogP contribution in [0.4, 0.5) is 0 Å². The Balaban J connectivity index is 0.00000111. The number of benzene rings is 4. The van der Waals surface area contributed by atoms with Crippen molar-refractivity contribution in [2.45, 2.75) is 52.6 Å². The summed E-state index contributed by atoms with van der Waals surface area (Å²) in [4.78, 5) is 32.3. The van der Waals surface area contributed by atoms with Crippen molar-refractivity contribution in [3.8, 4) is 22.6 Å². The van der Waals surface area contributed by atoms with Crippen LogP contribution in [-0.2, 0) is 52.7 Å². The zero-order valence-electron chi connectivity index (χ0n) is 26.3. The van der Waals surface area contributed by atoms with Crippen LogP contribution in [-0.4, -0.2) is 56.9 Å². The maximum absolute atomic E-state index is 11.8. The summed E-state index contributed by atoms with van der Waals surface area (Å²) in [6, 6.07) is 16.3. The number of aliphatic carboxylic acids is 2. The van der Waals surface area contributed by atoms with Gasteiger partial charge in [0, 0.05) is 34.7 Å². The first-order valence-corrected chi connectivity index (χ1v) is 17.0. The van der Waals surface area contributed by atoms with Gasteiger partial charge in [-0.1, -0.05) is 76.2 Å². The standard InChI is InChI=1S/C34H36N2O6.3O.2V/c1-19(2)13-27(33(39)40)35-17-23-15-21-9-5-7-11-25(21)29(31(23)37)30-26-12-8-6-10-22(26)16-24(32(30)38)18-36-28(34(41)42)14-20(3)4;;;;;/h5-12,15-20,27-28,37-38H,13-14H2,1-4H3,(H,39,40)(H,41,42);;;;;/t27-,28-;;;;;/m0...../s1. The van der Waals surface area contributed by atoms with Crippen LogP contribution in [0.3, 0.4) is 0 Å². The van der Waals surface area contributed by atoms with Crippen LogP contribution < -0.4 is 0 Å². The number of hydrogen-bond donors (Lipinski definition) is 4. The molecule has 0 radical (unpaired) electrons. The van der Waals surface area contributed by atoms with Gasteiger partial charge in [0.1, 0.15) is 23.6 Å². The molecule has 0 saturated carbocycles. The molecule has 4 aromatic carbocycles. The first-order valence-electron chi connectivity index (χ1n) is 14.7. The molecule has 0 bridgehead atoms. The monoisotopic (exact) mass is 718 g/mol. The second-order valence-electron chi connectivity index (χ2n) is 11.6. The van der Waals surface area contributed by atoms with E-state index in [2.05, 4.69) is 12.6 Å². The van der Waals surface area contributed by atoms with Crippen LogP contribution in [0.1, 0.15) is 51.7 Å². The SMILES string of the molecule is CC(C)C[C@H](N=Cc1cc2ccccc2c(-c2c(O)c(C=N[C@@H](CC(C)C)C(=O)O)cc3ccccc23)c1O)C(=O)O.[O]=[V][O][V]=[O]. The van der Waals surface area contributed by atoms with Gasteiger partial charge in [-0.2, -0.15) is 0 Å². The Hall–Kier alpha value is -3.99. The predicted octanol–water partition coefficient (Wildman–Crippen LogP) is 6.60. The topological polar surface area (TPSA) is 183 Å². The second-order valence-corrected chi connectivity index (χ2v) is 13.3. The number of carboxylic acids is 2. The van der Waals surface area contributed by atoms with E-state index in [9.17, 15) is 37.4 Å². The minimum atomic E-state index is -1.30. The quantitative estimate of drug-likeness (QED) is 0.111. The van der Waals surface area contributed by atoms with Crippen molar-refractivity contribution in [2.24, 2.45) is 21.8 Å². The molecule has 4 N–H and O–H groups in total. The Morgan fingerprint density at radius 1 is 0.702 bits per heavy atom. The van der Waals surface area contributed by atoms with E-state index in [0.717, 1.165) is 10.8 Å². The summed E-state index contributed by atoms with van der Waals surface area (Å²) < 4.78 is 22.4. The molecule has 0 aliphatic rings. The van der Waals surface area contributed by atoms with E-state index in [1.54, 1.807) is 12.1 Å². The van der Waals surface area contributed by atoms with Gasteiger partial charge >= 0.3 is 55.0 Å². The molecular formula is C34H36N2O9V2. The van der Waals surface area contributed by atoms with Gasteiger partial charge in [-0.3, -0.25) is 9.98 Å². The molecule has 47 heavy (non-hydrogen) atoms.